The molecule has 5 aromatic rings. The summed E-state index contributed by atoms with van der Waals surface area (Å²) in [7, 11) is 0. The molecule has 0 saturated heterocycles. The van der Waals surface area contributed by atoms with Crippen molar-refractivity contribution in [1.82, 2.24) is 18.7 Å². The van der Waals surface area contributed by atoms with Crippen molar-refractivity contribution in [2.24, 2.45) is 0 Å². The fourth-order valence-electron chi connectivity index (χ4n) is 4.32. The van der Waals surface area contributed by atoms with Crippen molar-refractivity contribution in [2.45, 2.75) is 33.0 Å². The van der Waals surface area contributed by atoms with Crippen LogP contribution in [0.4, 0.5) is 0 Å². The summed E-state index contributed by atoms with van der Waals surface area (Å²) in [5.74, 6) is 1.13. The lowest BCUT2D eigenvalue weighted by atomic mass is 10.1. The molecule has 3 aromatic carbocycles. The number of aromatic nitrogens is 4. The topological polar surface area (TPSA) is 65.0 Å². The minimum atomic E-state index is -0.0250. The van der Waals surface area contributed by atoms with Gasteiger partial charge in [0.05, 0.1) is 28.6 Å². The van der Waals surface area contributed by atoms with E-state index < -0.39 is 0 Å². The first-order valence-corrected chi connectivity index (χ1v) is 10.6. The van der Waals surface area contributed by atoms with E-state index >= 15 is 0 Å². The Balaban J connectivity index is 1.59. The van der Waals surface area contributed by atoms with Crippen molar-refractivity contribution in [3.05, 3.63) is 94.7 Å². The number of nitrogens with zero attached hydrogens (tertiary/aromatic N) is 4. The zero-order valence-corrected chi connectivity index (χ0v) is 17.4. The molecule has 31 heavy (non-hydrogen) atoms. The number of fused-ring (bicyclic) bond motifs is 2. The molecule has 2 aromatic heterocycles. The van der Waals surface area contributed by atoms with Crippen LogP contribution in [0.3, 0.4) is 0 Å². The third kappa shape index (κ3) is 3.30. The average Bonchev–Trinajstić information content (AvgIpc) is 3.28. The summed E-state index contributed by atoms with van der Waals surface area (Å²) in [6.45, 7) is 3.66. The van der Waals surface area contributed by atoms with Gasteiger partial charge in [0.25, 0.3) is 0 Å². The van der Waals surface area contributed by atoms with Gasteiger partial charge in [0, 0.05) is 13.1 Å². The molecule has 2 heterocycles. The minimum absolute atomic E-state index is 0.0250. The van der Waals surface area contributed by atoms with E-state index in [2.05, 4.69) is 10.6 Å². The maximum atomic E-state index is 13.1. The van der Waals surface area contributed by atoms with E-state index in [-0.39, 0.29) is 5.69 Å². The third-order valence-electron chi connectivity index (χ3n) is 5.87. The molecule has 0 amide bonds. The maximum absolute atomic E-state index is 13.1. The van der Waals surface area contributed by atoms with Crippen LogP contribution in [0.5, 0.6) is 5.75 Å². The zero-order valence-electron chi connectivity index (χ0n) is 17.4. The Morgan fingerprint density at radius 2 is 1.45 bits per heavy atom. The molecule has 5 rings (SSSR count). The predicted molar refractivity (Wildman–Crippen MR) is 123 cm³/mol. The van der Waals surface area contributed by atoms with Gasteiger partial charge in [-0.15, -0.1) is 0 Å². The molecule has 0 aliphatic carbocycles. The Labute approximate surface area is 179 Å². The van der Waals surface area contributed by atoms with Crippen LogP contribution in [0.25, 0.3) is 22.1 Å². The minimum Gasteiger partial charge on any atom is -0.508 e. The monoisotopic (exact) mass is 412 g/mol. The van der Waals surface area contributed by atoms with E-state index in [1.165, 1.54) is 0 Å². The molecule has 0 radical (unpaired) electrons. The molecule has 0 spiro atoms. The molecule has 6 nitrogen and oxygen atoms in total. The molecule has 0 bridgehead atoms. The predicted octanol–water partition coefficient (Wildman–Crippen LogP) is 4.17. The van der Waals surface area contributed by atoms with Crippen LogP contribution >= 0.6 is 0 Å². The van der Waals surface area contributed by atoms with Crippen LogP contribution in [0, 0.1) is 0 Å². The highest BCUT2D eigenvalue weighted by Crippen LogP contribution is 2.22. The van der Waals surface area contributed by atoms with Crippen molar-refractivity contribution in [3.8, 4) is 5.75 Å². The van der Waals surface area contributed by atoms with Crippen LogP contribution in [-0.2, 0) is 26.1 Å². The second-order valence-corrected chi connectivity index (χ2v) is 7.65. The number of aromatic hydroxyl groups is 1. The summed E-state index contributed by atoms with van der Waals surface area (Å²) in [5.41, 5.74) is 4.65. The Morgan fingerprint density at radius 3 is 2.19 bits per heavy atom. The van der Waals surface area contributed by atoms with Gasteiger partial charge in [-0.25, -0.2) is 9.78 Å². The molecular weight excluding hydrogens is 388 g/mol. The average molecular weight is 412 g/mol. The van der Waals surface area contributed by atoms with Crippen LogP contribution < -0.4 is 5.69 Å². The first kappa shape index (κ1) is 19.2. The van der Waals surface area contributed by atoms with E-state index in [4.69, 9.17) is 4.98 Å². The normalized spacial score (nSPS) is 11.5. The van der Waals surface area contributed by atoms with Crippen molar-refractivity contribution < 1.29 is 5.11 Å². The molecular formula is C25H24N4O2. The highest BCUT2D eigenvalue weighted by atomic mass is 16.3. The standard InChI is InChI=1S/C25H24N4O2/c1-2-27-21-12-6-7-13-22(21)29(25(27)31)17-24-26-19-10-4-5-11-20(19)28(24)16-15-18-9-3-8-14-23(18)30/h3-14,30H,2,15-17H2,1H3. The quantitative estimate of drug-likeness (QED) is 0.455. The zero-order chi connectivity index (χ0) is 21.4. The Hall–Kier alpha value is -3.80. The van der Waals surface area contributed by atoms with Gasteiger partial charge in [-0.1, -0.05) is 42.5 Å². The van der Waals surface area contributed by atoms with E-state index in [0.29, 0.717) is 31.8 Å². The number of para-hydroxylation sites is 5. The SMILES string of the molecule is CCn1c(=O)n(Cc2nc3ccccc3n2CCc2ccccc2O)c2ccccc21. The lowest BCUT2D eigenvalue weighted by Crippen LogP contribution is -2.25. The van der Waals surface area contributed by atoms with Crippen LogP contribution in [0.1, 0.15) is 18.3 Å². The molecule has 156 valence electrons. The van der Waals surface area contributed by atoms with Gasteiger partial charge in [0.1, 0.15) is 11.6 Å². The lowest BCUT2D eigenvalue weighted by Gasteiger charge is -2.11. The summed E-state index contributed by atoms with van der Waals surface area (Å²) in [6, 6.07) is 23.3. The van der Waals surface area contributed by atoms with Gasteiger partial charge in [0.2, 0.25) is 0 Å². The van der Waals surface area contributed by atoms with Gasteiger partial charge < -0.3 is 9.67 Å². The molecule has 0 saturated carbocycles. The molecule has 0 aliphatic heterocycles. The fourth-order valence-corrected chi connectivity index (χ4v) is 4.32. The number of rotatable bonds is 6. The Kier molecular flexibility index (Phi) is 4.82. The van der Waals surface area contributed by atoms with Crippen LogP contribution in [0.15, 0.2) is 77.6 Å². The lowest BCUT2D eigenvalue weighted by molar-refractivity contribution is 0.465. The molecule has 0 atom stereocenters. The van der Waals surface area contributed by atoms with Crippen molar-refractivity contribution >= 4 is 22.1 Å². The van der Waals surface area contributed by atoms with Gasteiger partial charge in [-0.05, 0) is 49.2 Å². The van der Waals surface area contributed by atoms with E-state index in [0.717, 1.165) is 33.5 Å². The number of aryl methyl sites for hydroxylation is 3. The summed E-state index contributed by atoms with van der Waals surface area (Å²) < 4.78 is 5.76. The van der Waals surface area contributed by atoms with Gasteiger partial charge >= 0.3 is 5.69 Å². The van der Waals surface area contributed by atoms with E-state index in [1.54, 1.807) is 15.2 Å². The largest absolute Gasteiger partial charge is 0.508 e. The fraction of sp³-hybridized carbons (Fsp3) is 0.200. The number of imidazole rings is 2. The molecule has 1 N–H and O–H groups in total. The van der Waals surface area contributed by atoms with Crippen molar-refractivity contribution in [2.75, 3.05) is 0 Å². The summed E-state index contributed by atoms with van der Waals surface area (Å²) in [4.78, 5) is 18.0. The number of hydrogen-bond acceptors (Lipinski definition) is 3. The van der Waals surface area contributed by atoms with Gasteiger partial charge in [-0.2, -0.15) is 0 Å². The molecule has 0 fully saturated rings. The Morgan fingerprint density at radius 1 is 0.806 bits per heavy atom. The second-order valence-electron chi connectivity index (χ2n) is 7.65. The maximum Gasteiger partial charge on any atom is 0.329 e. The highest BCUT2D eigenvalue weighted by molar-refractivity contribution is 5.77. The highest BCUT2D eigenvalue weighted by Gasteiger charge is 2.17. The smallest absolute Gasteiger partial charge is 0.329 e. The van der Waals surface area contributed by atoms with Crippen LogP contribution in [0.2, 0.25) is 0 Å². The third-order valence-corrected chi connectivity index (χ3v) is 5.87. The summed E-state index contributed by atoms with van der Waals surface area (Å²) >= 11 is 0. The second kappa shape index (κ2) is 7.80. The first-order chi connectivity index (χ1) is 15.2. The van der Waals surface area contributed by atoms with E-state index in [1.807, 2.05) is 67.6 Å². The van der Waals surface area contributed by atoms with Crippen molar-refractivity contribution in [3.63, 3.8) is 0 Å². The number of phenolic OH excluding ortho intramolecular Hbond substituents is 1. The summed E-state index contributed by atoms with van der Waals surface area (Å²) in [5, 5.41) is 10.2. The molecule has 6 heteroatoms. The van der Waals surface area contributed by atoms with Crippen molar-refractivity contribution in [1.29, 1.82) is 0 Å². The Bertz CT molecular complexity index is 1440. The van der Waals surface area contributed by atoms with Crippen LogP contribution in [-0.4, -0.2) is 23.8 Å². The number of benzene rings is 3. The summed E-state index contributed by atoms with van der Waals surface area (Å²) in [6.07, 6.45) is 0.672. The molecule has 0 unspecified atom stereocenters. The number of hydrogen-bond donors (Lipinski definition) is 1. The van der Waals surface area contributed by atoms with Gasteiger partial charge in [0.15, 0.2) is 0 Å². The first-order valence-electron chi connectivity index (χ1n) is 10.6. The van der Waals surface area contributed by atoms with E-state index in [9.17, 15) is 9.90 Å². The van der Waals surface area contributed by atoms with Gasteiger partial charge in [-0.3, -0.25) is 9.13 Å². The number of phenols is 1. The molecule has 0 aliphatic rings.